The van der Waals surface area contributed by atoms with Gasteiger partial charge in [-0.2, -0.15) is 8.42 Å². The Balaban J connectivity index is 2.30. The van der Waals surface area contributed by atoms with Crippen molar-refractivity contribution >= 4 is 16.1 Å². The predicted octanol–water partition coefficient (Wildman–Crippen LogP) is 0.0986. The van der Waals surface area contributed by atoms with Crippen molar-refractivity contribution in [2.75, 3.05) is 0 Å². The summed E-state index contributed by atoms with van der Waals surface area (Å²) in [7, 11) is -4.24. The van der Waals surface area contributed by atoms with Crippen LogP contribution >= 0.6 is 0 Å². The topological polar surface area (TPSA) is 119 Å². The molecular weight excluding hydrogens is 340 g/mol. The minimum Gasteiger partial charge on any atom is -0.454 e. The van der Waals surface area contributed by atoms with Crippen molar-refractivity contribution in [1.82, 2.24) is 0 Å². The lowest BCUT2D eigenvalue weighted by molar-refractivity contribution is -0.277. The van der Waals surface area contributed by atoms with Crippen LogP contribution < -0.4 is 0 Å². The van der Waals surface area contributed by atoms with Crippen LogP contribution in [-0.2, 0) is 28.6 Å². The quantitative estimate of drug-likeness (QED) is 0.573. The summed E-state index contributed by atoms with van der Waals surface area (Å²) in [5.74, 6) is -0.772. The number of hydrogen-bond acceptors (Lipinski definition) is 8. The number of carbonyl (C=O) groups excluding carboxylic acids is 1. The van der Waals surface area contributed by atoms with Crippen LogP contribution in [-0.4, -0.2) is 55.3 Å². The van der Waals surface area contributed by atoms with Crippen LogP contribution in [0.2, 0.25) is 0 Å². The van der Waals surface area contributed by atoms with Gasteiger partial charge in [-0.15, -0.1) is 0 Å². The largest absolute Gasteiger partial charge is 0.454 e. The molecule has 0 saturated carbocycles. The van der Waals surface area contributed by atoms with Crippen molar-refractivity contribution in [3.63, 3.8) is 0 Å². The van der Waals surface area contributed by atoms with E-state index in [-0.39, 0.29) is 4.90 Å². The fraction of sp³-hybridized carbons (Fsp3) is 0.533. The molecule has 1 aliphatic heterocycles. The molecule has 1 unspecified atom stereocenters. The van der Waals surface area contributed by atoms with Crippen LogP contribution in [0.25, 0.3) is 0 Å². The van der Waals surface area contributed by atoms with E-state index >= 15 is 0 Å². The van der Waals surface area contributed by atoms with Crippen LogP contribution in [0.5, 0.6) is 0 Å². The molecule has 24 heavy (non-hydrogen) atoms. The van der Waals surface area contributed by atoms with Gasteiger partial charge in [-0.3, -0.25) is 8.98 Å². The molecule has 0 aliphatic carbocycles. The molecule has 1 aromatic rings. The Kier molecular flexibility index (Phi) is 5.61. The fourth-order valence-corrected chi connectivity index (χ4v) is 3.43. The zero-order valence-corrected chi connectivity index (χ0v) is 14.3. The summed E-state index contributed by atoms with van der Waals surface area (Å²) in [6, 6.07) is 5.91. The number of benzene rings is 1. The second-order valence-electron chi connectivity index (χ2n) is 5.62. The third-order valence-corrected chi connectivity index (χ3v) is 4.95. The van der Waals surface area contributed by atoms with Gasteiger partial charge in [0.15, 0.2) is 12.4 Å². The van der Waals surface area contributed by atoms with Gasteiger partial charge in [0.05, 0.1) is 11.0 Å². The molecule has 1 aromatic carbocycles. The summed E-state index contributed by atoms with van der Waals surface area (Å²) in [5, 5.41) is 20.1. The van der Waals surface area contributed by atoms with Crippen LogP contribution in [0.3, 0.4) is 0 Å². The van der Waals surface area contributed by atoms with Crippen LogP contribution in [0, 0.1) is 6.92 Å². The lowest BCUT2D eigenvalue weighted by atomic mass is 10.00. The van der Waals surface area contributed by atoms with Gasteiger partial charge in [-0.05, 0) is 26.0 Å². The highest BCUT2D eigenvalue weighted by Crippen LogP contribution is 2.28. The van der Waals surface area contributed by atoms with E-state index in [4.69, 9.17) is 13.7 Å². The maximum atomic E-state index is 12.4. The predicted molar refractivity (Wildman–Crippen MR) is 81.4 cm³/mol. The monoisotopic (exact) mass is 360 g/mol. The summed E-state index contributed by atoms with van der Waals surface area (Å²) in [5.41, 5.74) is 0.863. The second kappa shape index (κ2) is 7.16. The first-order valence-corrected chi connectivity index (χ1v) is 8.71. The van der Waals surface area contributed by atoms with Gasteiger partial charge in [-0.1, -0.05) is 17.7 Å². The molecular formula is C15H20O8S. The number of aryl methyl sites for hydroxylation is 1. The maximum absolute atomic E-state index is 12.4. The van der Waals surface area contributed by atoms with Gasteiger partial charge in [0.2, 0.25) is 0 Å². The van der Waals surface area contributed by atoms with Crippen molar-refractivity contribution in [2.45, 2.75) is 56.4 Å². The highest BCUT2D eigenvalue weighted by molar-refractivity contribution is 7.86. The van der Waals surface area contributed by atoms with Crippen LogP contribution in [0.15, 0.2) is 29.2 Å². The molecule has 1 fully saturated rings. The molecule has 1 aliphatic rings. The molecule has 2 N–H and O–H groups in total. The van der Waals surface area contributed by atoms with Gasteiger partial charge >= 0.3 is 5.97 Å². The van der Waals surface area contributed by atoms with E-state index in [1.807, 2.05) is 0 Å². The molecule has 8 nitrogen and oxygen atoms in total. The first-order chi connectivity index (χ1) is 11.1. The van der Waals surface area contributed by atoms with Gasteiger partial charge < -0.3 is 19.7 Å². The minimum atomic E-state index is -4.24. The van der Waals surface area contributed by atoms with Crippen molar-refractivity contribution in [3.05, 3.63) is 29.8 Å². The zero-order valence-electron chi connectivity index (χ0n) is 13.4. The Morgan fingerprint density at radius 2 is 1.75 bits per heavy atom. The maximum Gasteiger partial charge on any atom is 0.303 e. The molecule has 0 bridgehead atoms. The molecule has 134 valence electrons. The number of hydrogen-bond donors (Lipinski definition) is 2. The Bertz CT molecular complexity index is 684. The van der Waals surface area contributed by atoms with E-state index in [0.717, 1.165) is 12.5 Å². The molecule has 5 atom stereocenters. The first kappa shape index (κ1) is 18.8. The smallest absolute Gasteiger partial charge is 0.303 e. The Morgan fingerprint density at radius 3 is 2.29 bits per heavy atom. The third kappa shape index (κ3) is 4.11. The second-order valence-corrected chi connectivity index (χ2v) is 7.20. The summed E-state index contributed by atoms with van der Waals surface area (Å²) >= 11 is 0. The molecule has 0 spiro atoms. The van der Waals surface area contributed by atoms with Gasteiger partial charge in [0.25, 0.3) is 10.1 Å². The van der Waals surface area contributed by atoms with Crippen molar-refractivity contribution < 1.29 is 37.1 Å². The zero-order chi connectivity index (χ0) is 18.1. The van der Waals surface area contributed by atoms with Crippen molar-refractivity contribution in [3.8, 4) is 0 Å². The van der Waals surface area contributed by atoms with E-state index in [0.29, 0.717) is 0 Å². The molecule has 0 amide bonds. The standard InChI is InChI=1S/C15H20O8S/c1-8-4-6-11(7-5-8)24(19,20)23-13-12(17)9(2)21-15(18)14(13)22-10(3)16/h4-7,9,12-15,17-18H,1-3H3/t9-,12+,13+,14-,15?/m0/s1. The number of carbonyl (C=O) groups is 1. The van der Waals surface area contributed by atoms with E-state index in [9.17, 15) is 23.4 Å². The Hall–Kier alpha value is -1.52. The Labute approximate surface area is 140 Å². The third-order valence-electron chi connectivity index (χ3n) is 3.63. The lowest BCUT2D eigenvalue weighted by Crippen LogP contribution is -2.59. The average molecular weight is 360 g/mol. The van der Waals surface area contributed by atoms with Crippen LogP contribution in [0.4, 0.5) is 0 Å². The number of esters is 1. The normalized spacial score (nSPS) is 30.8. The molecule has 0 aromatic heterocycles. The van der Waals surface area contributed by atoms with E-state index in [2.05, 4.69) is 0 Å². The highest BCUT2D eigenvalue weighted by atomic mass is 32.2. The van der Waals surface area contributed by atoms with Gasteiger partial charge in [0.1, 0.15) is 12.2 Å². The summed E-state index contributed by atoms with van der Waals surface area (Å²) in [4.78, 5) is 11.1. The number of aliphatic hydroxyl groups excluding tert-OH is 2. The first-order valence-electron chi connectivity index (χ1n) is 7.30. The summed E-state index contributed by atoms with van der Waals surface area (Å²) in [6.07, 6.45) is -6.93. The SMILES string of the molecule is CC(=O)O[C@@H]1C(O)O[C@@H](C)[C@@H](O)[C@H]1OS(=O)(=O)c1ccc(C)cc1. The molecule has 1 saturated heterocycles. The van der Waals surface area contributed by atoms with E-state index in [1.165, 1.54) is 19.1 Å². The van der Waals surface area contributed by atoms with Gasteiger partial charge in [0, 0.05) is 6.92 Å². The van der Waals surface area contributed by atoms with E-state index < -0.39 is 46.8 Å². The Morgan fingerprint density at radius 1 is 1.17 bits per heavy atom. The fourth-order valence-electron chi connectivity index (χ4n) is 2.34. The molecule has 1 heterocycles. The number of rotatable bonds is 4. The summed E-state index contributed by atoms with van der Waals surface area (Å²) < 4.78 is 39.8. The molecule has 9 heteroatoms. The highest BCUT2D eigenvalue weighted by Gasteiger charge is 2.48. The molecule has 2 rings (SSSR count). The average Bonchev–Trinajstić information content (AvgIpc) is 2.48. The minimum absolute atomic E-state index is 0.115. The van der Waals surface area contributed by atoms with Crippen molar-refractivity contribution in [2.24, 2.45) is 0 Å². The van der Waals surface area contributed by atoms with E-state index in [1.54, 1.807) is 19.1 Å². The van der Waals surface area contributed by atoms with Crippen LogP contribution in [0.1, 0.15) is 19.4 Å². The number of ether oxygens (including phenoxy) is 2. The lowest BCUT2D eigenvalue weighted by Gasteiger charge is -2.40. The number of aliphatic hydroxyl groups is 2. The molecule has 0 radical (unpaired) electrons. The van der Waals surface area contributed by atoms with Gasteiger partial charge in [-0.25, -0.2) is 0 Å². The van der Waals surface area contributed by atoms with Crippen molar-refractivity contribution in [1.29, 1.82) is 0 Å². The summed E-state index contributed by atoms with van der Waals surface area (Å²) in [6.45, 7) is 4.32.